The van der Waals surface area contributed by atoms with E-state index in [9.17, 15) is 8.78 Å². The van der Waals surface area contributed by atoms with Gasteiger partial charge in [-0.05, 0) is 54.9 Å². The molecule has 1 heterocycles. The van der Waals surface area contributed by atoms with Crippen LogP contribution < -0.4 is 9.47 Å². The van der Waals surface area contributed by atoms with Crippen LogP contribution in [0.3, 0.4) is 0 Å². The fourth-order valence-electron chi connectivity index (χ4n) is 3.64. The molecule has 2 atom stereocenters. The zero-order valence-electron chi connectivity index (χ0n) is 17.3. The number of halogens is 2. The maximum atomic E-state index is 14.2. The number of ether oxygens (including phenoxy) is 3. The van der Waals surface area contributed by atoms with Crippen molar-refractivity contribution in [2.24, 2.45) is 5.92 Å². The van der Waals surface area contributed by atoms with E-state index in [1.165, 1.54) is 31.4 Å². The van der Waals surface area contributed by atoms with Crippen molar-refractivity contribution in [1.82, 2.24) is 0 Å². The van der Waals surface area contributed by atoms with E-state index in [1.54, 1.807) is 0 Å². The van der Waals surface area contributed by atoms with E-state index < -0.39 is 11.6 Å². The van der Waals surface area contributed by atoms with Crippen molar-refractivity contribution in [3.8, 4) is 11.5 Å². The van der Waals surface area contributed by atoms with Gasteiger partial charge in [-0.15, -0.1) is 0 Å². The Morgan fingerprint density at radius 2 is 1.59 bits per heavy atom. The maximum Gasteiger partial charge on any atom is 0.204 e. The topological polar surface area (TPSA) is 27.7 Å². The highest BCUT2D eigenvalue weighted by molar-refractivity contribution is 5.35. The summed E-state index contributed by atoms with van der Waals surface area (Å²) in [7, 11) is 0. The van der Waals surface area contributed by atoms with Crippen molar-refractivity contribution in [2.45, 2.75) is 58.7 Å². The summed E-state index contributed by atoms with van der Waals surface area (Å²) >= 11 is 0. The van der Waals surface area contributed by atoms with Gasteiger partial charge in [0.15, 0.2) is 11.5 Å². The van der Waals surface area contributed by atoms with Crippen LogP contribution in [0.15, 0.2) is 36.4 Å². The maximum absolute atomic E-state index is 14.2. The van der Waals surface area contributed by atoms with Crippen molar-refractivity contribution < 1.29 is 23.0 Å². The molecule has 0 aromatic heterocycles. The lowest BCUT2D eigenvalue weighted by Crippen LogP contribution is -2.20. The van der Waals surface area contributed by atoms with E-state index >= 15 is 0 Å². The third-order valence-corrected chi connectivity index (χ3v) is 5.29. The lowest BCUT2D eigenvalue weighted by molar-refractivity contribution is -0.0194. The summed E-state index contributed by atoms with van der Waals surface area (Å²) in [5.41, 5.74) is 2.04. The molecule has 3 rings (SSSR count). The molecule has 0 amide bonds. The summed E-state index contributed by atoms with van der Waals surface area (Å²) in [6.07, 6.45) is 5.53. The van der Waals surface area contributed by atoms with Crippen LogP contribution in [-0.2, 0) is 11.3 Å². The molecule has 1 fully saturated rings. The quantitative estimate of drug-likeness (QED) is 0.471. The van der Waals surface area contributed by atoms with Gasteiger partial charge >= 0.3 is 0 Å². The van der Waals surface area contributed by atoms with Gasteiger partial charge in [-0.25, -0.2) is 0 Å². The molecule has 2 unspecified atom stereocenters. The largest absolute Gasteiger partial charge is 0.490 e. The minimum absolute atomic E-state index is 0.0882. The zero-order valence-corrected chi connectivity index (χ0v) is 17.3. The molecule has 158 valence electrons. The Morgan fingerprint density at radius 1 is 0.897 bits per heavy atom. The van der Waals surface area contributed by atoms with Crippen LogP contribution in [0.1, 0.15) is 63.2 Å². The number of benzene rings is 2. The van der Waals surface area contributed by atoms with E-state index in [0.29, 0.717) is 12.5 Å². The zero-order chi connectivity index (χ0) is 20.6. The molecule has 0 bridgehead atoms. The first kappa shape index (κ1) is 21.6. The van der Waals surface area contributed by atoms with E-state index in [-0.39, 0.29) is 24.2 Å². The predicted octanol–water partition coefficient (Wildman–Crippen LogP) is 6.60. The van der Waals surface area contributed by atoms with Crippen LogP contribution in [0.4, 0.5) is 8.78 Å². The summed E-state index contributed by atoms with van der Waals surface area (Å²) < 4.78 is 45.0. The van der Waals surface area contributed by atoms with Crippen LogP contribution in [0, 0.1) is 17.6 Å². The molecule has 29 heavy (non-hydrogen) atoms. The Labute approximate surface area is 172 Å². The fourth-order valence-corrected chi connectivity index (χ4v) is 3.64. The first-order valence-electron chi connectivity index (χ1n) is 10.6. The minimum Gasteiger partial charge on any atom is -0.490 e. The van der Waals surface area contributed by atoms with Crippen molar-refractivity contribution >= 4 is 0 Å². The lowest BCUT2D eigenvalue weighted by atomic mass is 9.91. The third-order valence-electron chi connectivity index (χ3n) is 5.29. The number of rotatable bonds is 9. The molecule has 2 aromatic rings. The average Bonchev–Trinajstić information content (AvgIpc) is 2.75. The normalized spacial score (nSPS) is 19.2. The van der Waals surface area contributed by atoms with Crippen molar-refractivity contribution in [3.05, 3.63) is 59.2 Å². The van der Waals surface area contributed by atoms with Gasteiger partial charge in [0.25, 0.3) is 0 Å². The summed E-state index contributed by atoms with van der Waals surface area (Å²) in [5, 5.41) is 0. The van der Waals surface area contributed by atoms with Gasteiger partial charge in [0.05, 0.1) is 19.3 Å². The Balaban J connectivity index is 1.55. The van der Waals surface area contributed by atoms with Crippen molar-refractivity contribution in [1.29, 1.82) is 0 Å². The highest BCUT2D eigenvalue weighted by Gasteiger charge is 2.22. The second-order valence-corrected chi connectivity index (χ2v) is 7.62. The molecule has 1 aliphatic heterocycles. The molecule has 5 heteroatoms. The third kappa shape index (κ3) is 5.69. The predicted molar refractivity (Wildman–Crippen MR) is 109 cm³/mol. The Hall–Kier alpha value is -2.14. The summed E-state index contributed by atoms with van der Waals surface area (Å²) in [6.45, 7) is 5.44. The molecule has 0 spiro atoms. The van der Waals surface area contributed by atoms with Gasteiger partial charge in [0.2, 0.25) is 11.6 Å². The summed E-state index contributed by atoms with van der Waals surface area (Å²) in [5.74, 6) is -1.56. The van der Waals surface area contributed by atoms with E-state index in [4.69, 9.17) is 14.2 Å². The van der Waals surface area contributed by atoms with Gasteiger partial charge in [0.1, 0.15) is 6.61 Å². The highest BCUT2D eigenvalue weighted by atomic mass is 19.2. The van der Waals surface area contributed by atoms with Crippen LogP contribution in [0.2, 0.25) is 0 Å². The van der Waals surface area contributed by atoms with Crippen molar-refractivity contribution in [2.75, 3.05) is 13.2 Å². The van der Waals surface area contributed by atoms with Crippen LogP contribution in [-0.4, -0.2) is 13.2 Å². The van der Waals surface area contributed by atoms with Gasteiger partial charge in [0, 0.05) is 0 Å². The van der Waals surface area contributed by atoms with Crippen LogP contribution >= 0.6 is 0 Å². The molecule has 3 nitrogen and oxygen atoms in total. The Bertz CT molecular complexity index is 768. The standard InChI is InChI=1S/C24H30F2O3/c1-3-5-17-8-11-20(28-15-17)19-9-6-18(7-10-19)16-29-22-13-12-21(27-14-4-2)23(25)24(22)26/h6-7,9-10,12-13,17,20H,3-5,8,11,14-16H2,1-2H3. The molecular weight excluding hydrogens is 374 g/mol. The SMILES string of the molecule is CCCOc1ccc(OCc2ccc(C3CCC(CCC)CO3)cc2)c(F)c1F. The van der Waals surface area contributed by atoms with Crippen LogP contribution in [0.25, 0.3) is 0 Å². The Morgan fingerprint density at radius 3 is 2.17 bits per heavy atom. The average molecular weight is 404 g/mol. The van der Waals surface area contributed by atoms with Gasteiger partial charge in [-0.1, -0.05) is 44.5 Å². The lowest BCUT2D eigenvalue weighted by Gasteiger charge is -2.29. The molecular formula is C24H30F2O3. The smallest absolute Gasteiger partial charge is 0.204 e. The first-order valence-corrected chi connectivity index (χ1v) is 10.6. The number of hydrogen-bond acceptors (Lipinski definition) is 3. The van der Waals surface area contributed by atoms with E-state index in [2.05, 4.69) is 6.92 Å². The summed E-state index contributed by atoms with van der Waals surface area (Å²) in [6, 6.07) is 10.8. The Kier molecular flexibility index (Phi) is 7.87. The van der Waals surface area contributed by atoms with Crippen LogP contribution in [0.5, 0.6) is 11.5 Å². The summed E-state index contributed by atoms with van der Waals surface area (Å²) in [4.78, 5) is 0. The van der Waals surface area contributed by atoms with Crippen molar-refractivity contribution in [3.63, 3.8) is 0 Å². The molecule has 0 radical (unpaired) electrons. The molecule has 1 saturated heterocycles. The van der Waals surface area contributed by atoms with E-state index in [0.717, 1.165) is 30.6 Å². The second-order valence-electron chi connectivity index (χ2n) is 7.62. The molecule has 0 aliphatic carbocycles. The van der Waals surface area contributed by atoms with Gasteiger partial charge in [-0.2, -0.15) is 8.78 Å². The van der Waals surface area contributed by atoms with Gasteiger partial charge < -0.3 is 14.2 Å². The van der Waals surface area contributed by atoms with Gasteiger partial charge in [-0.3, -0.25) is 0 Å². The first-order chi connectivity index (χ1) is 14.1. The van der Waals surface area contributed by atoms with E-state index in [1.807, 2.05) is 31.2 Å². The monoisotopic (exact) mass is 404 g/mol. The fraction of sp³-hybridized carbons (Fsp3) is 0.500. The number of hydrogen-bond donors (Lipinski definition) is 0. The molecule has 0 N–H and O–H groups in total. The second kappa shape index (κ2) is 10.6. The minimum atomic E-state index is -1.02. The molecule has 1 aliphatic rings. The highest BCUT2D eigenvalue weighted by Crippen LogP contribution is 2.33. The molecule has 2 aromatic carbocycles. The molecule has 0 saturated carbocycles.